The Balaban J connectivity index is 1.73. The number of carbonyl (C=O) groups excluding carboxylic acids is 2. The minimum Gasteiger partial charge on any atom is -0.376 e. The molecular formula is C17H24N2O3. The average molecular weight is 304 g/mol. The van der Waals surface area contributed by atoms with E-state index in [4.69, 9.17) is 4.74 Å². The molecule has 1 fully saturated rings. The number of ether oxygens (including phenoxy) is 1. The minimum absolute atomic E-state index is 0.0931. The van der Waals surface area contributed by atoms with E-state index in [1.165, 1.54) is 5.56 Å². The van der Waals surface area contributed by atoms with Crippen LogP contribution in [0.2, 0.25) is 0 Å². The monoisotopic (exact) mass is 304 g/mol. The van der Waals surface area contributed by atoms with Crippen LogP contribution in [-0.4, -0.2) is 31.1 Å². The predicted octanol–water partition coefficient (Wildman–Crippen LogP) is 2.43. The van der Waals surface area contributed by atoms with Gasteiger partial charge in [0.15, 0.2) is 0 Å². The van der Waals surface area contributed by atoms with Crippen LogP contribution in [0.15, 0.2) is 24.3 Å². The predicted molar refractivity (Wildman–Crippen MR) is 85.8 cm³/mol. The Labute approximate surface area is 131 Å². The molecule has 2 N–H and O–H groups in total. The second-order valence-corrected chi connectivity index (χ2v) is 5.94. The third-order valence-corrected chi connectivity index (χ3v) is 3.73. The van der Waals surface area contributed by atoms with E-state index in [0.717, 1.165) is 19.4 Å². The summed E-state index contributed by atoms with van der Waals surface area (Å²) >= 11 is 0. The van der Waals surface area contributed by atoms with Crippen molar-refractivity contribution in [2.24, 2.45) is 0 Å². The highest BCUT2D eigenvalue weighted by Gasteiger charge is 2.17. The summed E-state index contributed by atoms with van der Waals surface area (Å²) in [6, 6.07) is 7.69. The van der Waals surface area contributed by atoms with Gasteiger partial charge in [0.25, 0.3) is 0 Å². The van der Waals surface area contributed by atoms with Crippen molar-refractivity contribution in [1.82, 2.24) is 5.32 Å². The van der Waals surface area contributed by atoms with Gasteiger partial charge in [0.05, 0.1) is 6.10 Å². The Kier molecular flexibility index (Phi) is 5.95. The van der Waals surface area contributed by atoms with Crippen molar-refractivity contribution in [3.05, 3.63) is 29.8 Å². The topological polar surface area (TPSA) is 67.4 Å². The summed E-state index contributed by atoms with van der Waals surface area (Å²) in [5, 5.41) is 5.48. The van der Waals surface area contributed by atoms with E-state index < -0.39 is 0 Å². The molecule has 1 saturated heterocycles. The fourth-order valence-electron chi connectivity index (χ4n) is 2.40. The van der Waals surface area contributed by atoms with Gasteiger partial charge in [-0.05, 0) is 36.5 Å². The van der Waals surface area contributed by atoms with Gasteiger partial charge in [-0.2, -0.15) is 0 Å². The number of nitrogens with one attached hydrogen (secondary N) is 2. The van der Waals surface area contributed by atoms with Crippen LogP contribution in [0.25, 0.3) is 0 Å². The van der Waals surface area contributed by atoms with E-state index in [-0.39, 0.29) is 24.3 Å². The van der Waals surface area contributed by atoms with Crippen molar-refractivity contribution in [3.8, 4) is 0 Å². The lowest BCUT2D eigenvalue weighted by molar-refractivity contribution is -0.127. The van der Waals surface area contributed by atoms with E-state index >= 15 is 0 Å². The smallest absolute Gasteiger partial charge is 0.233 e. The number of rotatable bonds is 6. The molecule has 0 spiro atoms. The van der Waals surface area contributed by atoms with Crippen LogP contribution in [0.4, 0.5) is 5.69 Å². The molecule has 0 aliphatic carbocycles. The molecule has 1 atom stereocenters. The van der Waals surface area contributed by atoms with E-state index in [2.05, 4.69) is 24.5 Å². The van der Waals surface area contributed by atoms with E-state index in [1.807, 2.05) is 24.3 Å². The molecule has 0 aromatic heterocycles. The Morgan fingerprint density at radius 3 is 2.55 bits per heavy atom. The maximum atomic E-state index is 11.8. The molecule has 120 valence electrons. The van der Waals surface area contributed by atoms with Gasteiger partial charge in [0.2, 0.25) is 11.8 Å². The maximum Gasteiger partial charge on any atom is 0.233 e. The van der Waals surface area contributed by atoms with Gasteiger partial charge in [0.1, 0.15) is 6.42 Å². The number of anilines is 1. The summed E-state index contributed by atoms with van der Waals surface area (Å²) in [5.41, 5.74) is 1.92. The van der Waals surface area contributed by atoms with Crippen molar-refractivity contribution in [1.29, 1.82) is 0 Å². The van der Waals surface area contributed by atoms with Crippen LogP contribution in [0.1, 0.15) is 44.6 Å². The molecule has 1 heterocycles. The quantitative estimate of drug-likeness (QED) is 0.793. The second kappa shape index (κ2) is 7.94. The van der Waals surface area contributed by atoms with Crippen LogP contribution in [0, 0.1) is 0 Å². The summed E-state index contributed by atoms with van der Waals surface area (Å²) in [5.74, 6) is -0.123. The molecule has 0 saturated carbocycles. The van der Waals surface area contributed by atoms with Crippen molar-refractivity contribution in [2.45, 2.75) is 45.1 Å². The summed E-state index contributed by atoms with van der Waals surface area (Å²) in [7, 11) is 0. The Bertz CT molecular complexity index is 505. The van der Waals surface area contributed by atoms with Gasteiger partial charge >= 0.3 is 0 Å². The number of amides is 2. The van der Waals surface area contributed by atoms with E-state index in [1.54, 1.807) is 0 Å². The standard InChI is InChI=1S/C17H24N2O3/c1-12(2)13-5-7-14(8-6-13)19-17(21)10-16(20)18-11-15-4-3-9-22-15/h5-8,12,15H,3-4,9-11H2,1-2H3,(H,18,20)(H,19,21). The first kappa shape index (κ1) is 16.5. The highest BCUT2D eigenvalue weighted by molar-refractivity contribution is 6.03. The molecule has 0 radical (unpaired) electrons. The van der Waals surface area contributed by atoms with E-state index in [9.17, 15) is 9.59 Å². The molecule has 22 heavy (non-hydrogen) atoms. The van der Waals surface area contributed by atoms with Gasteiger partial charge in [-0.1, -0.05) is 26.0 Å². The molecule has 1 aromatic rings. The number of hydrogen-bond donors (Lipinski definition) is 2. The first-order valence-corrected chi connectivity index (χ1v) is 7.82. The Morgan fingerprint density at radius 2 is 1.95 bits per heavy atom. The van der Waals surface area contributed by atoms with Crippen molar-refractivity contribution >= 4 is 17.5 Å². The molecule has 2 amide bonds. The zero-order valence-corrected chi connectivity index (χ0v) is 13.2. The number of hydrogen-bond acceptors (Lipinski definition) is 3. The molecule has 5 heteroatoms. The highest BCUT2D eigenvalue weighted by Crippen LogP contribution is 2.17. The Hall–Kier alpha value is -1.88. The zero-order valence-electron chi connectivity index (χ0n) is 13.2. The van der Waals surface area contributed by atoms with Crippen LogP contribution < -0.4 is 10.6 Å². The van der Waals surface area contributed by atoms with Crippen LogP contribution in [0.5, 0.6) is 0 Å². The Morgan fingerprint density at radius 1 is 1.23 bits per heavy atom. The van der Waals surface area contributed by atoms with Crippen molar-refractivity contribution in [3.63, 3.8) is 0 Å². The van der Waals surface area contributed by atoms with Gasteiger partial charge < -0.3 is 15.4 Å². The lowest BCUT2D eigenvalue weighted by atomic mass is 10.0. The minimum atomic E-state index is -0.304. The summed E-state index contributed by atoms with van der Waals surface area (Å²) < 4.78 is 5.42. The van der Waals surface area contributed by atoms with Gasteiger partial charge in [-0.3, -0.25) is 9.59 Å². The van der Waals surface area contributed by atoms with E-state index in [0.29, 0.717) is 18.2 Å². The van der Waals surface area contributed by atoms with Crippen LogP contribution >= 0.6 is 0 Å². The fraction of sp³-hybridized carbons (Fsp3) is 0.529. The summed E-state index contributed by atoms with van der Waals surface area (Å²) in [6.07, 6.45) is 1.93. The van der Waals surface area contributed by atoms with Gasteiger partial charge in [0, 0.05) is 18.8 Å². The summed E-state index contributed by atoms with van der Waals surface area (Å²) in [4.78, 5) is 23.6. The third-order valence-electron chi connectivity index (χ3n) is 3.73. The lowest BCUT2D eigenvalue weighted by Crippen LogP contribution is -2.34. The van der Waals surface area contributed by atoms with Crippen molar-refractivity contribution < 1.29 is 14.3 Å². The highest BCUT2D eigenvalue weighted by atomic mass is 16.5. The lowest BCUT2D eigenvalue weighted by Gasteiger charge is -2.11. The molecule has 1 aliphatic rings. The van der Waals surface area contributed by atoms with Gasteiger partial charge in [-0.15, -0.1) is 0 Å². The summed E-state index contributed by atoms with van der Waals surface area (Å²) in [6.45, 7) is 5.47. The maximum absolute atomic E-state index is 11.8. The molecule has 1 aromatic carbocycles. The molecule has 5 nitrogen and oxygen atoms in total. The van der Waals surface area contributed by atoms with Crippen molar-refractivity contribution in [2.75, 3.05) is 18.5 Å². The molecule has 0 bridgehead atoms. The van der Waals surface area contributed by atoms with Crippen LogP contribution in [-0.2, 0) is 14.3 Å². The molecule has 1 unspecified atom stereocenters. The van der Waals surface area contributed by atoms with Gasteiger partial charge in [-0.25, -0.2) is 0 Å². The number of carbonyl (C=O) groups is 2. The zero-order chi connectivity index (χ0) is 15.9. The largest absolute Gasteiger partial charge is 0.376 e. The third kappa shape index (κ3) is 5.15. The molecule has 2 rings (SSSR count). The van der Waals surface area contributed by atoms with Crippen LogP contribution in [0.3, 0.4) is 0 Å². The fourth-order valence-corrected chi connectivity index (χ4v) is 2.40. The second-order valence-electron chi connectivity index (χ2n) is 5.94. The molecule has 1 aliphatic heterocycles. The normalized spacial score (nSPS) is 17.5. The first-order valence-electron chi connectivity index (χ1n) is 7.82. The first-order chi connectivity index (χ1) is 10.5. The SMILES string of the molecule is CC(C)c1ccc(NC(=O)CC(=O)NCC2CCCO2)cc1. The average Bonchev–Trinajstić information content (AvgIpc) is 2.99. The molecular weight excluding hydrogens is 280 g/mol. The number of benzene rings is 1.